The zero-order valence-electron chi connectivity index (χ0n) is 23.6. The average molecular weight is 539 g/mol. The van der Waals surface area contributed by atoms with Gasteiger partial charge in [0.1, 0.15) is 6.07 Å². The van der Waals surface area contributed by atoms with Gasteiger partial charge in [-0.3, -0.25) is 4.79 Å². The van der Waals surface area contributed by atoms with Gasteiger partial charge in [0, 0.05) is 62.8 Å². The Hall–Kier alpha value is -4.16. The molecule has 3 heterocycles. The van der Waals surface area contributed by atoms with Crippen molar-refractivity contribution in [2.45, 2.75) is 45.7 Å². The van der Waals surface area contributed by atoms with Gasteiger partial charge >= 0.3 is 0 Å². The highest BCUT2D eigenvalue weighted by molar-refractivity contribution is 5.99. The number of nitrogens with two attached hydrogens (primary N) is 1. The van der Waals surface area contributed by atoms with Crippen molar-refractivity contribution in [3.63, 3.8) is 0 Å². The van der Waals surface area contributed by atoms with Crippen molar-refractivity contribution in [2.24, 2.45) is 5.73 Å². The zero-order chi connectivity index (χ0) is 28.2. The van der Waals surface area contributed by atoms with Gasteiger partial charge in [-0.05, 0) is 74.6 Å². The molecular formula is C31H38N8O. The van der Waals surface area contributed by atoms with Gasteiger partial charge < -0.3 is 25.8 Å². The van der Waals surface area contributed by atoms with Crippen LogP contribution in [0.3, 0.4) is 0 Å². The highest BCUT2D eigenvalue weighted by atomic mass is 16.2. The maximum absolute atomic E-state index is 13.9. The summed E-state index contributed by atoms with van der Waals surface area (Å²) < 4.78 is 0. The van der Waals surface area contributed by atoms with E-state index in [0.717, 1.165) is 70.9 Å². The molecule has 3 aromatic rings. The number of aryl methyl sites for hydroxylation is 2. The first-order valence-corrected chi connectivity index (χ1v) is 14.1. The van der Waals surface area contributed by atoms with Crippen LogP contribution >= 0.6 is 0 Å². The smallest absolute Gasteiger partial charge is 0.254 e. The van der Waals surface area contributed by atoms with Crippen molar-refractivity contribution < 1.29 is 4.79 Å². The number of hydrogen-bond acceptors (Lipinski definition) is 8. The van der Waals surface area contributed by atoms with Crippen LogP contribution in [0.25, 0.3) is 0 Å². The van der Waals surface area contributed by atoms with E-state index in [9.17, 15) is 10.1 Å². The number of benzene rings is 2. The number of piperazine rings is 1. The van der Waals surface area contributed by atoms with Gasteiger partial charge in [0.2, 0.25) is 0 Å². The molecule has 0 spiro atoms. The molecule has 40 heavy (non-hydrogen) atoms. The fourth-order valence-corrected chi connectivity index (χ4v) is 6.20. The van der Waals surface area contributed by atoms with Crippen molar-refractivity contribution in [1.29, 1.82) is 5.26 Å². The maximum atomic E-state index is 13.9. The van der Waals surface area contributed by atoms with E-state index in [2.05, 4.69) is 51.3 Å². The lowest BCUT2D eigenvalue weighted by molar-refractivity contribution is 0.0722. The van der Waals surface area contributed by atoms with E-state index in [1.165, 1.54) is 0 Å². The molecule has 0 aliphatic carbocycles. The van der Waals surface area contributed by atoms with Crippen LogP contribution < -0.4 is 20.9 Å². The second-order valence-electron chi connectivity index (χ2n) is 10.8. The van der Waals surface area contributed by atoms with Gasteiger partial charge in [-0.1, -0.05) is 18.2 Å². The van der Waals surface area contributed by atoms with Crippen LogP contribution in [0, 0.1) is 32.1 Å². The summed E-state index contributed by atoms with van der Waals surface area (Å²) in [6, 6.07) is 16.3. The molecule has 2 aromatic carbocycles. The number of anilines is 3. The van der Waals surface area contributed by atoms with E-state index in [1.54, 1.807) is 6.20 Å². The van der Waals surface area contributed by atoms with Gasteiger partial charge in [0.05, 0.1) is 17.3 Å². The van der Waals surface area contributed by atoms with Crippen LogP contribution in [0.5, 0.6) is 0 Å². The predicted molar refractivity (Wildman–Crippen MR) is 159 cm³/mol. The molecular weight excluding hydrogens is 500 g/mol. The van der Waals surface area contributed by atoms with Crippen molar-refractivity contribution in [2.75, 3.05) is 54.4 Å². The monoisotopic (exact) mass is 538 g/mol. The molecule has 0 unspecified atom stereocenters. The fourth-order valence-electron chi connectivity index (χ4n) is 6.20. The number of piperidine rings is 1. The Bertz CT molecular complexity index is 1390. The third kappa shape index (κ3) is 5.45. The van der Waals surface area contributed by atoms with Gasteiger partial charge in [-0.15, -0.1) is 5.10 Å². The van der Waals surface area contributed by atoms with E-state index in [-0.39, 0.29) is 11.9 Å². The summed E-state index contributed by atoms with van der Waals surface area (Å²) >= 11 is 0. The Labute approximate surface area is 236 Å². The normalized spacial score (nSPS) is 18.0. The molecule has 0 bridgehead atoms. The van der Waals surface area contributed by atoms with Crippen LogP contribution in [-0.2, 0) is 0 Å². The third-order valence-corrected chi connectivity index (χ3v) is 8.29. The van der Waals surface area contributed by atoms with Crippen LogP contribution in [0.4, 0.5) is 17.2 Å². The van der Waals surface area contributed by atoms with E-state index in [4.69, 9.17) is 5.73 Å². The number of nitriles is 1. The summed E-state index contributed by atoms with van der Waals surface area (Å²) in [6.45, 7) is 10.2. The molecule has 9 nitrogen and oxygen atoms in total. The molecule has 208 valence electrons. The molecule has 2 fully saturated rings. The minimum atomic E-state index is -0.0191. The highest BCUT2D eigenvalue weighted by Gasteiger charge is 2.32. The first-order chi connectivity index (χ1) is 19.4. The Morgan fingerprint density at radius 3 is 2.55 bits per heavy atom. The molecule has 1 aromatic heterocycles. The topological polar surface area (TPSA) is 114 Å². The van der Waals surface area contributed by atoms with E-state index in [0.29, 0.717) is 32.2 Å². The summed E-state index contributed by atoms with van der Waals surface area (Å²) in [7, 11) is 0. The number of nitrogens with zero attached hydrogens (tertiary/aromatic N) is 6. The van der Waals surface area contributed by atoms with Crippen LogP contribution in [-0.4, -0.2) is 72.4 Å². The Morgan fingerprint density at radius 2 is 1.85 bits per heavy atom. The number of hydrogen-bond donors (Lipinski definition) is 2. The third-order valence-electron chi connectivity index (χ3n) is 8.29. The Morgan fingerprint density at radius 1 is 1.07 bits per heavy atom. The second-order valence-corrected chi connectivity index (χ2v) is 10.8. The lowest BCUT2D eigenvalue weighted by atomic mass is 9.94. The largest absolute Gasteiger partial charge is 0.382 e. The second kappa shape index (κ2) is 11.9. The van der Waals surface area contributed by atoms with Crippen molar-refractivity contribution in [3.05, 3.63) is 76.5 Å². The SMILES string of the molecule is Cc1cc(C)c(C(=O)N2CCN(c3cccnn3)[C@H](CN)C2)c(C)c1NC1CCN(c2ccccc2C#N)CC1. The summed E-state index contributed by atoms with van der Waals surface area (Å²) in [4.78, 5) is 20.3. The van der Waals surface area contributed by atoms with Crippen molar-refractivity contribution in [3.8, 4) is 6.07 Å². The van der Waals surface area contributed by atoms with Crippen LogP contribution in [0.15, 0.2) is 48.7 Å². The molecule has 9 heteroatoms. The van der Waals surface area contributed by atoms with Crippen molar-refractivity contribution >= 4 is 23.1 Å². The minimum Gasteiger partial charge on any atom is -0.382 e. The quantitative estimate of drug-likeness (QED) is 0.489. The number of carbonyl (C=O) groups excluding carboxylic acids is 1. The molecule has 2 aliphatic rings. The fraction of sp³-hybridized carbons (Fsp3) is 0.419. The Balaban J connectivity index is 1.30. The molecule has 2 aliphatic heterocycles. The molecule has 2 saturated heterocycles. The zero-order valence-corrected chi connectivity index (χ0v) is 23.6. The van der Waals surface area contributed by atoms with Gasteiger partial charge in [0.25, 0.3) is 5.91 Å². The molecule has 3 N–H and O–H groups in total. The maximum Gasteiger partial charge on any atom is 0.254 e. The number of aromatic nitrogens is 2. The average Bonchev–Trinajstić information content (AvgIpc) is 2.99. The van der Waals surface area contributed by atoms with Gasteiger partial charge in [-0.25, -0.2) is 0 Å². The molecule has 1 amide bonds. The number of para-hydroxylation sites is 1. The number of rotatable bonds is 6. The first-order valence-electron chi connectivity index (χ1n) is 14.1. The van der Waals surface area contributed by atoms with E-state index in [1.807, 2.05) is 48.2 Å². The predicted octanol–water partition coefficient (Wildman–Crippen LogP) is 3.64. The number of amides is 1. The summed E-state index contributed by atoms with van der Waals surface area (Å²) in [5.74, 6) is 0.847. The lowest BCUT2D eigenvalue weighted by Gasteiger charge is -2.41. The molecule has 0 saturated carbocycles. The minimum absolute atomic E-state index is 0.0191. The van der Waals surface area contributed by atoms with E-state index >= 15 is 0 Å². The van der Waals surface area contributed by atoms with Crippen LogP contribution in [0.1, 0.15) is 45.5 Å². The lowest BCUT2D eigenvalue weighted by Crippen LogP contribution is -2.57. The first kappa shape index (κ1) is 27.4. The van der Waals surface area contributed by atoms with Gasteiger partial charge in [0.15, 0.2) is 5.82 Å². The summed E-state index contributed by atoms with van der Waals surface area (Å²) in [5, 5.41) is 21.6. The highest BCUT2D eigenvalue weighted by Crippen LogP contribution is 2.32. The number of nitrogens with one attached hydrogen (secondary N) is 1. The number of carbonyl (C=O) groups is 1. The summed E-state index contributed by atoms with van der Waals surface area (Å²) in [5.41, 5.74) is 12.8. The van der Waals surface area contributed by atoms with Crippen molar-refractivity contribution in [1.82, 2.24) is 15.1 Å². The standard InChI is InChI=1S/C31H38N8O/c1-21-17-22(2)30(35-25-10-13-37(14-11-25)27-8-5-4-7-24(27)18-32)23(3)29(21)31(40)38-15-16-39(26(19-33)20-38)28-9-6-12-34-36-28/h4-9,12,17,25-26,35H,10-11,13-16,19-20,33H2,1-3H3/t26-/m1/s1. The molecule has 1 atom stereocenters. The molecule has 0 radical (unpaired) electrons. The summed E-state index contributed by atoms with van der Waals surface area (Å²) in [6.07, 6.45) is 3.57. The molecule has 5 rings (SSSR count). The van der Waals surface area contributed by atoms with Crippen LogP contribution in [0.2, 0.25) is 0 Å². The van der Waals surface area contributed by atoms with E-state index < -0.39 is 0 Å². The Kier molecular flexibility index (Phi) is 8.17. The van der Waals surface area contributed by atoms with Gasteiger partial charge in [-0.2, -0.15) is 10.4 Å².